The second-order valence-electron chi connectivity index (χ2n) is 7.32. The normalized spacial score (nSPS) is 14.1. The van der Waals surface area contributed by atoms with Gasteiger partial charge in [-0.3, -0.25) is 10.1 Å². The summed E-state index contributed by atoms with van der Waals surface area (Å²) in [6.07, 6.45) is 1.58. The van der Waals surface area contributed by atoms with E-state index in [-0.39, 0.29) is 17.3 Å². The van der Waals surface area contributed by atoms with Crippen LogP contribution in [0.3, 0.4) is 0 Å². The Morgan fingerprint density at radius 3 is 2.42 bits per heavy atom. The van der Waals surface area contributed by atoms with Gasteiger partial charge >= 0.3 is 5.97 Å². The molecule has 0 aromatic heterocycles. The zero-order chi connectivity index (χ0) is 23.4. The number of aliphatic imine (C=N–C) groups is 1. The predicted octanol–water partition coefficient (Wildman–Crippen LogP) is 4.84. The topological polar surface area (TPSA) is 100 Å². The molecule has 1 aliphatic rings. The van der Waals surface area contributed by atoms with Crippen molar-refractivity contribution in [1.29, 1.82) is 0 Å². The van der Waals surface area contributed by atoms with E-state index in [4.69, 9.17) is 14.2 Å². The van der Waals surface area contributed by atoms with Crippen LogP contribution in [-0.2, 0) is 16.1 Å². The summed E-state index contributed by atoms with van der Waals surface area (Å²) in [6.45, 7) is 2.42. The van der Waals surface area contributed by atoms with Crippen LogP contribution in [0.15, 0.2) is 77.4 Å². The minimum atomic E-state index is -0.609. The highest BCUT2D eigenvalue weighted by atomic mass is 16.6. The summed E-state index contributed by atoms with van der Waals surface area (Å²) in [4.78, 5) is 26.8. The van der Waals surface area contributed by atoms with E-state index in [0.717, 1.165) is 5.56 Å². The zero-order valence-corrected chi connectivity index (χ0v) is 18.0. The van der Waals surface area contributed by atoms with Crippen LogP contribution < -0.4 is 9.47 Å². The average molecular weight is 444 g/mol. The van der Waals surface area contributed by atoms with Gasteiger partial charge in [0.05, 0.1) is 12.0 Å². The highest BCUT2D eigenvalue weighted by Gasteiger charge is 2.24. The van der Waals surface area contributed by atoms with E-state index in [9.17, 15) is 14.9 Å². The largest absolute Gasteiger partial charge is 0.493 e. The molecule has 0 atom stereocenters. The summed E-state index contributed by atoms with van der Waals surface area (Å²) in [5.41, 5.74) is 3.41. The fraction of sp³-hybridized carbons (Fsp3) is 0.120. The molecule has 166 valence electrons. The van der Waals surface area contributed by atoms with Gasteiger partial charge in [0.25, 0.3) is 5.69 Å². The van der Waals surface area contributed by atoms with Crippen molar-refractivity contribution < 1.29 is 23.9 Å². The molecule has 0 unspecified atom stereocenters. The molecule has 0 bridgehead atoms. The highest BCUT2D eigenvalue weighted by Crippen LogP contribution is 2.30. The molecule has 0 saturated carbocycles. The van der Waals surface area contributed by atoms with Gasteiger partial charge in [-0.25, -0.2) is 9.79 Å². The Morgan fingerprint density at radius 2 is 1.76 bits per heavy atom. The Hall–Kier alpha value is -4.46. The van der Waals surface area contributed by atoms with Crippen LogP contribution in [0.1, 0.15) is 22.3 Å². The van der Waals surface area contributed by atoms with E-state index in [2.05, 4.69) is 4.99 Å². The van der Waals surface area contributed by atoms with Gasteiger partial charge < -0.3 is 14.2 Å². The van der Waals surface area contributed by atoms with Crippen molar-refractivity contribution in [1.82, 2.24) is 0 Å². The molecule has 0 fully saturated rings. The van der Waals surface area contributed by atoms with Crippen molar-refractivity contribution in [3.8, 4) is 11.5 Å². The Kier molecular flexibility index (Phi) is 6.17. The van der Waals surface area contributed by atoms with Gasteiger partial charge in [-0.2, -0.15) is 0 Å². The van der Waals surface area contributed by atoms with Crippen LogP contribution >= 0.6 is 0 Å². The lowest BCUT2D eigenvalue weighted by Crippen LogP contribution is -2.05. The van der Waals surface area contributed by atoms with Gasteiger partial charge in [0.15, 0.2) is 17.2 Å². The summed E-state index contributed by atoms with van der Waals surface area (Å²) in [5, 5.41) is 10.8. The van der Waals surface area contributed by atoms with Gasteiger partial charge in [0.1, 0.15) is 6.61 Å². The van der Waals surface area contributed by atoms with Crippen molar-refractivity contribution in [3.05, 3.63) is 105 Å². The molecule has 0 saturated heterocycles. The van der Waals surface area contributed by atoms with Crippen molar-refractivity contribution in [2.45, 2.75) is 13.5 Å². The van der Waals surface area contributed by atoms with E-state index in [1.165, 1.54) is 29.8 Å². The Labute approximate surface area is 189 Å². The minimum Gasteiger partial charge on any atom is -0.493 e. The molecule has 8 heteroatoms. The molecule has 33 heavy (non-hydrogen) atoms. The number of ether oxygens (including phenoxy) is 3. The SMILES string of the molecule is COc1cc(/C=C2\N=C(c3ccc([N+](=O)[O-])cc3)OC2=O)ccc1OCc1ccc(C)cc1. The van der Waals surface area contributed by atoms with Gasteiger partial charge in [0, 0.05) is 17.7 Å². The lowest BCUT2D eigenvalue weighted by molar-refractivity contribution is -0.384. The quantitative estimate of drug-likeness (QED) is 0.224. The maximum absolute atomic E-state index is 12.3. The summed E-state index contributed by atoms with van der Waals surface area (Å²) >= 11 is 0. The number of esters is 1. The molecule has 0 amide bonds. The summed E-state index contributed by atoms with van der Waals surface area (Å²) < 4.78 is 16.6. The first kappa shape index (κ1) is 21.8. The molecule has 0 N–H and O–H groups in total. The van der Waals surface area contributed by atoms with Crippen molar-refractivity contribution in [3.63, 3.8) is 0 Å². The molecule has 3 aromatic rings. The number of benzene rings is 3. The predicted molar refractivity (Wildman–Crippen MR) is 122 cm³/mol. The first-order valence-corrected chi connectivity index (χ1v) is 10.1. The summed E-state index contributed by atoms with van der Waals surface area (Å²) in [6, 6.07) is 19.0. The standard InChI is InChI=1S/C25H20N2O6/c1-16-3-5-17(6-4-16)15-32-22-12-7-18(14-23(22)31-2)13-21-25(28)33-24(26-21)19-8-10-20(11-9-19)27(29)30/h3-14H,15H2,1-2H3/b21-13-. The Morgan fingerprint density at radius 1 is 1.03 bits per heavy atom. The molecular formula is C25H20N2O6. The fourth-order valence-electron chi connectivity index (χ4n) is 3.15. The number of rotatable bonds is 7. The van der Waals surface area contributed by atoms with E-state index in [0.29, 0.717) is 29.2 Å². The van der Waals surface area contributed by atoms with Crippen LogP contribution in [0.4, 0.5) is 5.69 Å². The first-order valence-electron chi connectivity index (χ1n) is 10.1. The van der Waals surface area contributed by atoms with Crippen LogP contribution in [0.25, 0.3) is 6.08 Å². The third kappa shape index (κ3) is 5.07. The third-order valence-corrected chi connectivity index (χ3v) is 4.95. The van der Waals surface area contributed by atoms with Crippen molar-refractivity contribution in [2.24, 2.45) is 4.99 Å². The fourth-order valence-corrected chi connectivity index (χ4v) is 3.15. The first-order chi connectivity index (χ1) is 15.9. The number of nitro benzene ring substituents is 1. The molecule has 1 heterocycles. The molecule has 4 rings (SSSR count). The van der Waals surface area contributed by atoms with Crippen molar-refractivity contribution in [2.75, 3.05) is 7.11 Å². The molecule has 1 aliphatic heterocycles. The molecular weight excluding hydrogens is 424 g/mol. The van der Waals surface area contributed by atoms with E-state index < -0.39 is 10.9 Å². The van der Waals surface area contributed by atoms with Crippen LogP contribution in [0, 0.1) is 17.0 Å². The van der Waals surface area contributed by atoms with E-state index in [1.54, 1.807) is 31.4 Å². The number of aryl methyl sites for hydroxylation is 1. The van der Waals surface area contributed by atoms with Gasteiger partial charge in [-0.05, 0) is 48.4 Å². The number of nitrogens with zero attached hydrogens (tertiary/aromatic N) is 2. The second-order valence-corrected chi connectivity index (χ2v) is 7.32. The molecule has 0 radical (unpaired) electrons. The highest BCUT2D eigenvalue weighted by molar-refractivity contribution is 6.12. The smallest absolute Gasteiger partial charge is 0.363 e. The molecule has 0 spiro atoms. The van der Waals surface area contributed by atoms with Gasteiger partial charge in [-0.15, -0.1) is 0 Å². The maximum Gasteiger partial charge on any atom is 0.363 e. The number of nitro groups is 1. The van der Waals surface area contributed by atoms with Crippen molar-refractivity contribution >= 4 is 23.6 Å². The number of cyclic esters (lactones) is 1. The summed E-state index contributed by atoms with van der Waals surface area (Å²) in [7, 11) is 1.54. The summed E-state index contributed by atoms with van der Waals surface area (Å²) in [5.74, 6) is 0.569. The molecule has 0 aliphatic carbocycles. The Bertz CT molecular complexity index is 1260. The minimum absolute atomic E-state index is 0.0591. The zero-order valence-electron chi connectivity index (χ0n) is 18.0. The average Bonchev–Trinajstić information content (AvgIpc) is 3.19. The Balaban J connectivity index is 1.52. The lowest BCUT2D eigenvalue weighted by Gasteiger charge is -2.11. The van der Waals surface area contributed by atoms with Crippen LogP contribution in [0.5, 0.6) is 11.5 Å². The second kappa shape index (κ2) is 9.35. The number of carbonyl (C=O) groups excluding carboxylic acids is 1. The number of carbonyl (C=O) groups is 1. The molecule has 8 nitrogen and oxygen atoms in total. The lowest BCUT2D eigenvalue weighted by atomic mass is 10.1. The molecule has 3 aromatic carbocycles. The number of hydrogen-bond donors (Lipinski definition) is 0. The van der Waals surface area contributed by atoms with E-state index >= 15 is 0 Å². The third-order valence-electron chi connectivity index (χ3n) is 4.95. The maximum atomic E-state index is 12.3. The van der Waals surface area contributed by atoms with Gasteiger partial charge in [0.2, 0.25) is 5.90 Å². The van der Waals surface area contributed by atoms with Crippen LogP contribution in [0.2, 0.25) is 0 Å². The monoisotopic (exact) mass is 444 g/mol. The van der Waals surface area contributed by atoms with Crippen LogP contribution in [-0.4, -0.2) is 23.9 Å². The number of methoxy groups -OCH3 is 1. The number of hydrogen-bond acceptors (Lipinski definition) is 7. The van der Waals surface area contributed by atoms with E-state index in [1.807, 2.05) is 31.2 Å². The van der Waals surface area contributed by atoms with Gasteiger partial charge in [-0.1, -0.05) is 35.9 Å². The number of non-ortho nitro benzene ring substituents is 1.